The molecule has 0 saturated carbocycles. The molecule has 0 spiro atoms. The van der Waals surface area contributed by atoms with E-state index >= 15 is 0 Å². The van der Waals surface area contributed by atoms with Crippen LogP contribution in [0, 0.1) is 13.8 Å². The second kappa shape index (κ2) is 4.44. The Kier molecular flexibility index (Phi) is 3.47. The Bertz CT molecular complexity index is 369. The van der Waals surface area contributed by atoms with Crippen molar-refractivity contribution in [1.82, 2.24) is 0 Å². The van der Waals surface area contributed by atoms with Gasteiger partial charge in [0.2, 0.25) is 0 Å². The van der Waals surface area contributed by atoms with Crippen LogP contribution < -0.4 is 0 Å². The number of thiophene rings is 1. The lowest BCUT2D eigenvalue weighted by Gasteiger charge is -2.01. The summed E-state index contributed by atoms with van der Waals surface area (Å²) in [6.07, 6.45) is -0.197. The van der Waals surface area contributed by atoms with Crippen molar-refractivity contribution in [3.63, 3.8) is 0 Å². The Morgan fingerprint density at radius 1 is 1.00 bits per heavy atom. The zero-order chi connectivity index (χ0) is 11.6. The topological polar surface area (TPSA) is 74.6 Å². The highest BCUT2D eigenvalue weighted by Crippen LogP contribution is 2.28. The van der Waals surface area contributed by atoms with Crippen LogP contribution in [0.25, 0.3) is 0 Å². The molecule has 0 aliphatic rings. The van der Waals surface area contributed by atoms with E-state index in [1.165, 1.54) is 11.3 Å². The Balaban J connectivity index is 3.10. The van der Waals surface area contributed by atoms with Crippen molar-refractivity contribution in [2.75, 3.05) is 0 Å². The van der Waals surface area contributed by atoms with E-state index in [0.29, 0.717) is 11.1 Å². The van der Waals surface area contributed by atoms with E-state index in [2.05, 4.69) is 0 Å². The minimum Gasteiger partial charge on any atom is -0.481 e. The first-order valence-electron chi connectivity index (χ1n) is 4.43. The van der Waals surface area contributed by atoms with Crippen LogP contribution >= 0.6 is 11.3 Å². The van der Waals surface area contributed by atoms with Crippen LogP contribution in [0.15, 0.2) is 0 Å². The summed E-state index contributed by atoms with van der Waals surface area (Å²) >= 11 is 1.45. The summed E-state index contributed by atoms with van der Waals surface area (Å²) < 4.78 is 0. The first-order valence-corrected chi connectivity index (χ1v) is 5.24. The molecule has 0 atom stereocenters. The number of hydrogen-bond donors (Lipinski definition) is 2. The molecule has 2 N–H and O–H groups in total. The lowest BCUT2D eigenvalue weighted by Crippen LogP contribution is -2.07. The molecule has 4 nitrogen and oxygen atoms in total. The van der Waals surface area contributed by atoms with Gasteiger partial charge in [0, 0.05) is 9.75 Å². The molecule has 15 heavy (non-hydrogen) atoms. The van der Waals surface area contributed by atoms with Gasteiger partial charge in [-0.1, -0.05) is 0 Å². The number of hydrogen-bond acceptors (Lipinski definition) is 3. The normalized spacial score (nSPS) is 10.3. The Hall–Kier alpha value is -1.36. The quantitative estimate of drug-likeness (QED) is 0.821. The lowest BCUT2D eigenvalue weighted by atomic mass is 10.0. The molecule has 0 aliphatic carbocycles. The molecular formula is C10H12O4S. The summed E-state index contributed by atoms with van der Waals surface area (Å²) in [5.41, 5.74) is 1.32. The Labute approximate surface area is 91.2 Å². The SMILES string of the molecule is Cc1sc(C)c(CC(=O)O)c1CC(=O)O. The van der Waals surface area contributed by atoms with E-state index in [1.807, 2.05) is 13.8 Å². The molecule has 82 valence electrons. The van der Waals surface area contributed by atoms with Crippen LogP contribution in [0.5, 0.6) is 0 Å². The van der Waals surface area contributed by atoms with Crippen LogP contribution in [0.3, 0.4) is 0 Å². The second-order valence-electron chi connectivity index (χ2n) is 3.31. The molecule has 0 radical (unpaired) electrons. The fourth-order valence-corrected chi connectivity index (χ4v) is 2.64. The van der Waals surface area contributed by atoms with Crippen LogP contribution in [0.1, 0.15) is 20.9 Å². The number of carboxylic acid groups (broad SMARTS) is 2. The first kappa shape index (κ1) is 11.7. The van der Waals surface area contributed by atoms with Gasteiger partial charge in [0.15, 0.2) is 0 Å². The number of rotatable bonds is 4. The summed E-state index contributed by atoms with van der Waals surface area (Å²) in [4.78, 5) is 23.0. The predicted molar refractivity (Wildman–Crippen MR) is 56.5 cm³/mol. The van der Waals surface area contributed by atoms with E-state index in [-0.39, 0.29) is 12.8 Å². The van der Waals surface area contributed by atoms with E-state index in [1.54, 1.807) is 0 Å². The van der Waals surface area contributed by atoms with Crippen molar-refractivity contribution in [3.8, 4) is 0 Å². The molecule has 0 fully saturated rings. The molecule has 1 heterocycles. The average molecular weight is 228 g/mol. The number of carbonyl (C=O) groups is 2. The summed E-state index contributed by atoms with van der Waals surface area (Å²) in [5.74, 6) is -1.86. The molecule has 1 rings (SSSR count). The van der Waals surface area contributed by atoms with Gasteiger partial charge in [-0.05, 0) is 25.0 Å². The minimum atomic E-state index is -0.928. The standard InChI is InChI=1S/C10H12O4S/c1-5-7(3-9(11)12)8(4-10(13)14)6(2)15-5/h3-4H2,1-2H3,(H,11,12)(H,13,14). The van der Waals surface area contributed by atoms with Crippen LogP contribution in [0.4, 0.5) is 0 Å². The molecule has 0 bridgehead atoms. The van der Waals surface area contributed by atoms with Crippen LogP contribution in [0.2, 0.25) is 0 Å². The molecule has 0 amide bonds. The van der Waals surface area contributed by atoms with Gasteiger partial charge in [-0.3, -0.25) is 9.59 Å². The van der Waals surface area contributed by atoms with Crippen molar-refractivity contribution >= 4 is 23.3 Å². The van der Waals surface area contributed by atoms with Gasteiger partial charge in [-0.15, -0.1) is 11.3 Å². The van der Waals surface area contributed by atoms with Gasteiger partial charge >= 0.3 is 11.9 Å². The fraction of sp³-hybridized carbons (Fsp3) is 0.400. The highest BCUT2D eigenvalue weighted by molar-refractivity contribution is 7.12. The molecule has 0 aliphatic heterocycles. The summed E-state index contributed by atoms with van der Waals surface area (Å²) in [6, 6.07) is 0. The maximum atomic E-state index is 10.6. The first-order chi connectivity index (χ1) is 6.91. The Morgan fingerprint density at radius 3 is 1.60 bits per heavy atom. The lowest BCUT2D eigenvalue weighted by molar-refractivity contribution is -0.137. The summed E-state index contributed by atoms with van der Waals surface area (Å²) in [6.45, 7) is 3.64. The van der Waals surface area contributed by atoms with Gasteiger partial charge < -0.3 is 10.2 Å². The average Bonchev–Trinajstić information content (AvgIpc) is 2.30. The minimum absolute atomic E-state index is 0.0984. The predicted octanol–water partition coefficient (Wildman–Crippen LogP) is 1.62. The largest absolute Gasteiger partial charge is 0.481 e. The van der Waals surface area contributed by atoms with E-state index in [4.69, 9.17) is 10.2 Å². The monoisotopic (exact) mass is 228 g/mol. The summed E-state index contributed by atoms with van der Waals surface area (Å²) in [7, 11) is 0. The highest BCUT2D eigenvalue weighted by Gasteiger charge is 2.17. The summed E-state index contributed by atoms with van der Waals surface area (Å²) in [5, 5.41) is 17.4. The van der Waals surface area contributed by atoms with Gasteiger partial charge in [0.25, 0.3) is 0 Å². The van der Waals surface area contributed by atoms with Gasteiger partial charge in [-0.2, -0.15) is 0 Å². The van der Waals surface area contributed by atoms with Gasteiger partial charge in [0.1, 0.15) is 0 Å². The van der Waals surface area contributed by atoms with Crippen molar-refractivity contribution in [3.05, 3.63) is 20.9 Å². The maximum absolute atomic E-state index is 10.6. The smallest absolute Gasteiger partial charge is 0.307 e. The zero-order valence-corrected chi connectivity index (χ0v) is 9.35. The number of carboxylic acids is 2. The molecular weight excluding hydrogens is 216 g/mol. The second-order valence-corrected chi connectivity index (χ2v) is 4.74. The van der Waals surface area contributed by atoms with Gasteiger partial charge in [-0.25, -0.2) is 0 Å². The highest BCUT2D eigenvalue weighted by atomic mass is 32.1. The van der Waals surface area contributed by atoms with Gasteiger partial charge in [0.05, 0.1) is 12.8 Å². The van der Waals surface area contributed by atoms with E-state index in [9.17, 15) is 9.59 Å². The molecule has 5 heteroatoms. The fourth-order valence-electron chi connectivity index (χ4n) is 1.54. The zero-order valence-electron chi connectivity index (χ0n) is 8.53. The van der Waals surface area contributed by atoms with E-state index < -0.39 is 11.9 Å². The number of aliphatic carboxylic acids is 2. The van der Waals surface area contributed by atoms with E-state index in [0.717, 1.165) is 9.75 Å². The third-order valence-electron chi connectivity index (χ3n) is 2.18. The molecule has 0 aromatic carbocycles. The third kappa shape index (κ3) is 2.79. The van der Waals surface area contributed by atoms with Crippen LogP contribution in [-0.4, -0.2) is 22.2 Å². The maximum Gasteiger partial charge on any atom is 0.307 e. The van der Waals surface area contributed by atoms with Crippen molar-refractivity contribution in [2.45, 2.75) is 26.7 Å². The van der Waals surface area contributed by atoms with Crippen molar-refractivity contribution in [1.29, 1.82) is 0 Å². The number of aryl methyl sites for hydroxylation is 2. The third-order valence-corrected chi connectivity index (χ3v) is 3.28. The van der Waals surface area contributed by atoms with Crippen molar-refractivity contribution < 1.29 is 19.8 Å². The molecule has 1 aromatic rings. The van der Waals surface area contributed by atoms with Crippen molar-refractivity contribution in [2.24, 2.45) is 0 Å². The molecule has 0 unspecified atom stereocenters. The Morgan fingerprint density at radius 2 is 1.33 bits per heavy atom. The molecule has 1 aromatic heterocycles. The van der Waals surface area contributed by atoms with Crippen LogP contribution in [-0.2, 0) is 22.4 Å². The molecule has 0 saturated heterocycles.